The minimum Gasteiger partial charge on any atom is -0.339 e. The van der Waals surface area contributed by atoms with Gasteiger partial charge in [-0.25, -0.2) is 4.39 Å². The van der Waals surface area contributed by atoms with Crippen LogP contribution in [0.25, 0.3) is 0 Å². The van der Waals surface area contributed by atoms with E-state index in [-0.39, 0.29) is 5.82 Å². The molecule has 0 atom stereocenters. The quantitative estimate of drug-likeness (QED) is 0.759. The van der Waals surface area contributed by atoms with E-state index >= 15 is 0 Å². The lowest BCUT2D eigenvalue weighted by Gasteiger charge is -2.10. The summed E-state index contributed by atoms with van der Waals surface area (Å²) in [7, 11) is 0. The zero-order chi connectivity index (χ0) is 16.2. The van der Waals surface area contributed by atoms with Crippen molar-refractivity contribution in [3.05, 3.63) is 65.6 Å². The summed E-state index contributed by atoms with van der Waals surface area (Å²) in [6.45, 7) is 4.07. The lowest BCUT2D eigenvalue weighted by Crippen LogP contribution is -2.03. The van der Waals surface area contributed by atoms with Gasteiger partial charge in [0.05, 0.1) is 6.20 Å². The van der Waals surface area contributed by atoms with Crippen molar-refractivity contribution in [3.8, 4) is 0 Å². The minimum atomic E-state index is -0.326. The normalized spacial score (nSPS) is 10.4. The molecule has 0 spiro atoms. The van der Waals surface area contributed by atoms with Crippen molar-refractivity contribution in [1.29, 1.82) is 0 Å². The summed E-state index contributed by atoms with van der Waals surface area (Å²) in [6.07, 6.45) is 1.54. The van der Waals surface area contributed by atoms with E-state index in [2.05, 4.69) is 31.9 Å². The Morgan fingerprint density at radius 2 is 1.87 bits per heavy atom. The second-order valence-electron chi connectivity index (χ2n) is 5.24. The van der Waals surface area contributed by atoms with E-state index in [0.29, 0.717) is 17.5 Å². The van der Waals surface area contributed by atoms with E-state index in [1.165, 1.54) is 23.9 Å². The van der Waals surface area contributed by atoms with Crippen LogP contribution in [0.5, 0.6) is 0 Å². The van der Waals surface area contributed by atoms with Crippen molar-refractivity contribution in [1.82, 2.24) is 15.2 Å². The number of anilines is 4. The first-order valence-corrected chi connectivity index (χ1v) is 7.17. The predicted octanol–water partition coefficient (Wildman–Crippen LogP) is 4.11. The summed E-state index contributed by atoms with van der Waals surface area (Å²) in [5, 5.41) is 14.0. The molecule has 0 radical (unpaired) electrons. The van der Waals surface area contributed by atoms with Crippen molar-refractivity contribution in [2.45, 2.75) is 13.8 Å². The van der Waals surface area contributed by atoms with Gasteiger partial charge in [0, 0.05) is 11.4 Å². The molecule has 1 aromatic heterocycles. The van der Waals surface area contributed by atoms with Crippen LogP contribution in [0.15, 0.2) is 48.7 Å². The number of hydrogen-bond donors (Lipinski definition) is 2. The van der Waals surface area contributed by atoms with Crippen LogP contribution in [0.1, 0.15) is 11.1 Å². The smallest absolute Gasteiger partial charge is 0.249 e. The first kappa shape index (κ1) is 14.9. The molecule has 0 unspecified atom stereocenters. The van der Waals surface area contributed by atoms with Gasteiger partial charge < -0.3 is 10.6 Å². The first-order valence-electron chi connectivity index (χ1n) is 7.17. The SMILES string of the molecule is Cc1ccc(Nc2cnnc(Nc3cccc(F)c3)n2)c(C)c1. The van der Waals surface area contributed by atoms with E-state index in [0.717, 1.165) is 11.3 Å². The highest BCUT2D eigenvalue weighted by atomic mass is 19.1. The second-order valence-corrected chi connectivity index (χ2v) is 5.24. The van der Waals surface area contributed by atoms with Gasteiger partial charge in [0.2, 0.25) is 5.95 Å². The third-order valence-corrected chi connectivity index (χ3v) is 3.28. The summed E-state index contributed by atoms with van der Waals surface area (Å²) in [5.41, 5.74) is 3.83. The molecule has 3 rings (SSSR count). The Morgan fingerprint density at radius 1 is 1.00 bits per heavy atom. The average molecular weight is 309 g/mol. The highest BCUT2D eigenvalue weighted by molar-refractivity contribution is 5.62. The third-order valence-electron chi connectivity index (χ3n) is 3.28. The Kier molecular flexibility index (Phi) is 4.14. The topological polar surface area (TPSA) is 62.7 Å². The molecule has 116 valence electrons. The zero-order valence-corrected chi connectivity index (χ0v) is 12.8. The van der Waals surface area contributed by atoms with Crippen molar-refractivity contribution >= 4 is 23.1 Å². The molecule has 0 aliphatic rings. The molecule has 0 amide bonds. The van der Waals surface area contributed by atoms with Gasteiger partial charge in [-0.15, -0.1) is 5.10 Å². The fraction of sp³-hybridized carbons (Fsp3) is 0.118. The van der Waals surface area contributed by atoms with E-state index in [9.17, 15) is 4.39 Å². The number of benzene rings is 2. The van der Waals surface area contributed by atoms with Crippen molar-refractivity contribution in [3.63, 3.8) is 0 Å². The fourth-order valence-corrected chi connectivity index (χ4v) is 2.20. The molecule has 3 aromatic rings. The Morgan fingerprint density at radius 3 is 2.65 bits per heavy atom. The average Bonchev–Trinajstić information content (AvgIpc) is 2.51. The summed E-state index contributed by atoms with van der Waals surface area (Å²) in [5.74, 6) is 0.531. The lowest BCUT2D eigenvalue weighted by molar-refractivity contribution is 0.628. The van der Waals surface area contributed by atoms with E-state index < -0.39 is 0 Å². The molecule has 0 saturated carbocycles. The summed E-state index contributed by atoms with van der Waals surface area (Å²) in [6, 6.07) is 12.2. The van der Waals surface area contributed by atoms with Crippen LogP contribution in [0.2, 0.25) is 0 Å². The van der Waals surface area contributed by atoms with Gasteiger partial charge in [-0.2, -0.15) is 10.1 Å². The molecule has 5 nitrogen and oxygen atoms in total. The number of nitrogens with zero attached hydrogens (tertiary/aromatic N) is 3. The molecule has 6 heteroatoms. The van der Waals surface area contributed by atoms with Crippen LogP contribution in [-0.2, 0) is 0 Å². The fourth-order valence-electron chi connectivity index (χ4n) is 2.20. The van der Waals surface area contributed by atoms with E-state index in [1.807, 2.05) is 26.0 Å². The molecule has 2 aromatic carbocycles. The Labute approximate surface area is 133 Å². The van der Waals surface area contributed by atoms with Gasteiger partial charge in [0.1, 0.15) is 5.82 Å². The molecule has 0 aliphatic heterocycles. The molecule has 0 saturated heterocycles. The Hall–Kier alpha value is -3.02. The molecule has 23 heavy (non-hydrogen) atoms. The third kappa shape index (κ3) is 3.79. The molecular weight excluding hydrogens is 293 g/mol. The van der Waals surface area contributed by atoms with Crippen LogP contribution in [0.3, 0.4) is 0 Å². The van der Waals surface area contributed by atoms with E-state index in [4.69, 9.17) is 0 Å². The van der Waals surface area contributed by atoms with Gasteiger partial charge in [0.25, 0.3) is 0 Å². The molecule has 0 aliphatic carbocycles. The number of halogens is 1. The molecule has 0 fully saturated rings. The molecular formula is C17H16FN5. The van der Waals surface area contributed by atoms with Crippen LogP contribution < -0.4 is 10.6 Å². The van der Waals surface area contributed by atoms with Gasteiger partial charge >= 0.3 is 0 Å². The predicted molar refractivity (Wildman–Crippen MR) is 88.7 cm³/mol. The largest absolute Gasteiger partial charge is 0.339 e. The van der Waals surface area contributed by atoms with Crippen LogP contribution in [-0.4, -0.2) is 15.2 Å². The Balaban J connectivity index is 1.79. The number of aryl methyl sites for hydroxylation is 2. The van der Waals surface area contributed by atoms with E-state index in [1.54, 1.807) is 12.1 Å². The maximum atomic E-state index is 13.2. The van der Waals surface area contributed by atoms with Gasteiger partial charge in [0.15, 0.2) is 5.82 Å². The second kappa shape index (κ2) is 6.39. The monoisotopic (exact) mass is 309 g/mol. The van der Waals surface area contributed by atoms with Crippen molar-refractivity contribution in [2.24, 2.45) is 0 Å². The number of nitrogens with one attached hydrogen (secondary N) is 2. The molecule has 2 N–H and O–H groups in total. The standard InChI is InChI=1S/C17H16FN5/c1-11-6-7-15(12(2)8-11)21-16-10-19-23-17(22-16)20-14-5-3-4-13(18)9-14/h3-10H,1-2H3,(H2,20,21,22,23). The lowest BCUT2D eigenvalue weighted by atomic mass is 10.1. The first-order chi connectivity index (χ1) is 11.1. The van der Waals surface area contributed by atoms with Gasteiger partial charge in [-0.05, 0) is 43.7 Å². The molecule has 1 heterocycles. The summed E-state index contributed by atoms with van der Waals surface area (Å²) < 4.78 is 13.2. The highest BCUT2D eigenvalue weighted by Gasteiger charge is 2.04. The zero-order valence-electron chi connectivity index (χ0n) is 12.8. The number of aromatic nitrogens is 3. The minimum absolute atomic E-state index is 0.297. The van der Waals surface area contributed by atoms with Crippen molar-refractivity contribution < 1.29 is 4.39 Å². The van der Waals surface area contributed by atoms with Crippen LogP contribution in [0, 0.1) is 19.7 Å². The maximum Gasteiger partial charge on any atom is 0.249 e. The molecule has 0 bridgehead atoms. The highest BCUT2D eigenvalue weighted by Crippen LogP contribution is 2.21. The Bertz CT molecular complexity index is 835. The number of rotatable bonds is 4. The van der Waals surface area contributed by atoms with Gasteiger partial charge in [-0.1, -0.05) is 23.8 Å². The summed E-state index contributed by atoms with van der Waals surface area (Å²) in [4.78, 5) is 4.34. The van der Waals surface area contributed by atoms with Crippen molar-refractivity contribution in [2.75, 3.05) is 10.6 Å². The van der Waals surface area contributed by atoms with Gasteiger partial charge in [-0.3, -0.25) is 0 Å². The summed E-state index contributed by atoms with van der Waals surface area (Å²) >= 11 is 0. The maximum absolute atomic E-state index is 13.2. The number of hydrogen-bond acceptors (Lipinski definition) is 5. The van der Waals surface area contributed by atoms with Crippen LogP contribution in [0.4, 0.5) is 27.5 Å². The van der Waals surface area contributed by atoms with Crippen LogP contribution >= 0.6 is 0 Å².